The lowest BCUT2D eigenvalue weighted by atomic mass is 10.2. The SMILES string of the molecule is O=C(COC(=O)c1cccc(NC(=O)C(F)(F)F)c1)NNC(=O)c1ccccc1Cl. The standard InChI is InChI=1S/C18H13ClF3N3O5/c19-13-7-2-1-6-12(13)15(27)25-24-14(26)9-30-16(28)10-4-3-5-11(8-10)23-17(29)18(20,21)22/h1-8H,9H2,(H,23,29)(H,24,26)(H,25,27). The minimum absolute atomic E-state index is 0.106. The highest BCUT2D eigenvalue weighted by molar-refractivity contribution is 6.33. The maximum Gasteiger partial charge on any atom is 0.471 e. The molecule has 0 aliphatic rings. The number of hydrogen-bond donors (Lipinski definition) is 3. The zero-order valence-corrected chi connectivity index (χ0v) is 15.6. The highest BCUT2D eigenvalue weighted by Crippen LogP contribution is 2.19. The van der Waals surface area contributed by atoms with E-state index in [4.69, 9.17) is 16.3 Å². The van der Waals surface area contributed by atoms with E-state index >= 15 is 0 Å². The highest BCUT2D eigenvalue weighted by atomic mass is 35.5. The molecule has 158 valence electrons. The van der Waals surface area contributed by atoms with Crippen molar-refractivity contribution in [2.45, 2.75) is 6.18 Å². The van der Waals surface area contributed by atoms with Crippen LogP contribution in [0.25, 0.3) is 0 Å². The topological polar surface area (TPSA) is 114 Å². The molecule has 3 N–H and O–H groups in total. The van der Waals surface area contributed by atoms with Crippen molar-refractivity contribution in [3.05, 3.63) is 64.7 Å². The number of benzene rings is 2. The van der Waals surface area contributed by atoms with Gasteiger partial charge >= 0.3 is 18.1 Å². The number of esters is 1. The minimum Gasteiger partial charge on any atom is -0.452 e. The van der Waals surface area contributed by atoms with Crippen LogP contribution < -0.4 is 16.2 Å². The Morgan fingerprint density at radius 1 is 0.967 bits per heavy atom. The van der Waals surface area contributed by atoms with Gasteiger partial charge in [-0.1, -0.05) is 29.8 Å². The molecule has 0 saturated carbocycles. The Labute approximate surface area is 172 Å². The first-order chi connectivity index (χ1) is 14.1. The van der Waals surface area contributed by atoms with Gasteiger partial charge in [0.25, 0.3) is 11.8 Å². The average Bonchev–Trinajstić information content (AvgIpc) is 2.70. The second-order valence-corrected chi connectivity index (χ2v) is 6.00. The summed E-state index contributed by atoms with van der Waals surface area (Å²) < 4.78 is 41.5. The van der Waals surface area contributed by atoms with Gasteiger partial charge in [0, 0.05) is 5.69 Å². The fraction of sp³-hybridized carbons (Fsp3) is 0.111. The first kappa shape index (κ1) is 22.7. The molecule has 0 aliphatic heterocycles. The molecule has 12 heteroatoms. The van der Waals surface area contributed by atoms with Gasteiger partial charge in [0.15, 0.2) is 6.61 Å². The zero-order valence-electron chi connectivity index (χ0n) is 14.9. The number of carbonyl (C=O) groups is 4. The van der Waals surface area contributed by atoms with Gasteiger partial charge in [0.2, 0.25) is 0 Å². The molecule has 0 spiro atoms. The normalized spacial score (nSPS) is 10.7. The number of carbonyl (C=O) groups excluding carboxylic acids is 4. The molecule has 0 aliphatic carbocycles. The van der Waals surface area contributed by atoms with Crippen molar-refractivity contribution in [1.29, 1.82) is 0 Å². The molecule has 0 aromatic heterocycles. The molecule has 0 bridgehead atoms. The summed E-state index contributed by atoms with van der Waals surface area (Å²) in [5.41, 5.74) is 3.70. The van der Waals surface area contributed by atoms with Gasteiger partial charge < -0.3 is 10.1 Å². The molecule has 2 rings (SSSR count). The number of hydrazine groups is 1. The Balaban J connectivity index is 1.86. The molecular formula is C18H13ClF3N3O5. The number of amides is 3. The van der Waals surface area contributed by atoms with Crippen LogP contribution in [0, 0.1) is 0 Å². The second-order valence-electron chi connectivity index (χ2n) is 5.59. The number of alkyl halides is 3. The molecule has 0 fully saturated rings. The van der Waals surface area contributed by atoms with Gasteiger partial charge in [-0.25, -0.2) is 4.79 Å². The number of ether oxygens (including phenoxy) is 1. The van der Waals surface area contributed by atoms with Gasteiger partial charge in [-0.15, -0.1) is 0 Å². The molecule has 2 aromatic carbocycles. The van der Waals surface area contributed by atoms with Crippen molar-refractivity contribution in [2.24, 2.45) is 0 Å². The summed E-state index contributed by atoms with van der Waals surface area (Å²) in [6.07, 6.45) is -5.09. The third-order valence-electron chi connectivity index (χ3n) is 3.38. The van der Waals surface area contributed by atoms with E-state index in [-0.39, 0.29) is 21.8 Å². The predicted molar refractivity (Wildman–Crippen MR) is 98.5 cm³/mol. The van der Waals surface area contributed by atoms with Crippen molar-refractivity contribution in [3.63, 3.8) is 0 Å². The summed E-state index contributed by atoms with van der Waals surface area (Å²) in [5, 5.41) is 1.75. The van der Waals surface area contributed by atoms with Crippen LogP contribution in [0.1, 0.15) is 20.7 Å². The molecule has 0 atom stereocenters. The van der Waals surface area contributed by atoms with Crippen LogP contribution in [-0.2, 0) is 14.3 Å². The van der Waals surface area contributed by atoms with Crippen LogP contribution in [0.5, 0.6) is 0 Å². The average molecular weight is 444 g/mol. The molecule has 8 nitrogen and oxygen atoms in total. The van der Waals surface area contributed by atoms with Crippen LogP contribution in [0.15, 0.2) is 48.5 Å². The molecule has 3 amide bonds. The van der Waals surface area contributed by atoms with Crippen molar-refractivity contribution in [3.8, 4) is 0 Å². The summed E-state index contributed by atoms with van der Waals surface area (Å²) in [6.45, 7) is -0.791. The van der Waals surface area contributed by atoms with Crippen LogP contribution in [0.2, 0.25) is 5.02 Å². The highest BCUT2D eigenvalue weighted by Gasteiger charge is 2.38. The van der Waals surface area contributed by atoms with E-state index in [0.717, 1.165) is 12.1 Å². The van der Waals surface area contributed by atoms with Crippen LogP contribution in [0.3, 0.4) is 0 Å². The Hall–Kier alpha value is -3.60. The Morgan fingerprint density at radius 3 is 2.33 bits per heavy atom. The van der Waals surface area contributed by atoms with Crippen LogP contribution >= 0.6 is 11.6 Å². The lowest BCUT2D eigenvalue weighted by Crippen LogP contribution is -2.43. The van der Waals surface area contributed by atoms with E-state index in [1.807, 2.05) is 5.43 Å². The molecule has 0 unspecified atom stereocenters. The van der Waals surface area contributed by atoms with E-state index in [1.54, 1.807) is 17.4 Å². The fourth-order valence-corrected chi connectivity index (χ4v) is 2.24. The molecule has 0 heterocycles. The fourth-order valence-electron chi connectivity index (χ4n) is 2.02. The summed E-state index contributed by atoms with van der Waals surface area (Å²) in [4.78, 5) is 46.5. The van der Waals surface area contributed by atoms with E-state index in [1.165, 1.54) is 24.3 Å². The first-order valence-electron chi connectivity index (χ1n) is 8.07. The molecule has 0 saturated heterocycles. The first-order valence-corrected chi connectivity index (χ1v) is 8.45. The number of hydrogen-bond acceptors (Lipinski definition) is 5. The Bertz CT molecular complexity index is 982. The summed E-state index contributed by atoms with van der Waals surface area (Å²) in [6, 6.07) is 10.6. The van der Waals surface area contributed by atoms with Gasteiger partial charge in [0.1, 0.15) is 0 Å². The lowest BCUT2D eigenvalue weighted by Gasteiger charge is -2.10. The maximum atomic E-state index is 12.3. The monoisotopic (exact) mass is 443 g/mol. The second kappa shape index (κ2) is 9.74. The number of rotatable bonds is 5. The lowest BCUT2D eigenvalue weighted by molar-refractivity contribution is -0.167. The quantitative estimate of drug-likeness (QED) is 0.485. The maximum absolute atomic E-state index is 12.3. The molecule has 2 aromatic rings. The summed E-state index contributed by atoms with van der Waals surface area (Å²) in [5.74, 6) is -4.83. The van der Waals surface area contributed by atoms with Crippen LogP contribution in [0.4, 0.5) is 18.9 Å². The molecule has 30 heavy (non-hydrogen) atoms. The van der Waals surface area contributed by atoms with Gasteiger partial charge in [-0.05, 0) is 30.3 Å². The van der Waals surface area contributed by atoms with E-state index in [0.29, 0.717) is 0 Å². The third-order valence-corrected chi connectivity index (χ3v) is 3.71. The third kappa shape index (κ3) is 6.48. The molecular weight excluding hydrogens is 431 g/mol. The van der Waals surface area contributed by atoms with E-state index in [2.05, 4.69) is 5.43 Å². The van der Waals surface area contributed by atoms with E-state index < -0.39 is 36.5 Å². The smallest absolute Gasteiger partial charge is 0.452 e. The predicted octanol–water partition coefficient (Wildman–Crippen LogP) is 2.46. The van der Waals surface area contributed by atoms with Crippen molar-refractivity contribution in [1.82, 2.24) is 10.9 Å². The zero-order chi connectivity index (χ0) is 22.3. The largest absolute Gasteiger partial charge is 0.471 e. The Kier molecular flexibility index (Phi) is 7.37. The summed E-state index contributed by atoms with van der Waals surface area (Å²) in [7, 11) is 0. The number of halogens is 4. The van der Waals surface area contributed by atoms with Gasteiger partial charge in [0.05, 0.1) is 16.1 Å². The number of nitrogens with one attached hydrogen (secondary N) is 3. The minimum atomic E-state index is -5.09. The van der Waals surface area contributed by atoms with Crippen molar-refractivity contribution in [2.75, 3.05) is 11.9 Å². The van der Waals surface area contributed by atoms with Crippen molar-refractivity contribution < 1.29 is 37.1 Å². The molecule has 0 radical (unpaired) electrons. The van der Waals surface area contributed by atoms with Crippen molar-refractivity contribution >= 4 is 41.0 Å². The van der Waals surface area contributed by atoms with Gasteiger partial charge in [-0.2, -0.15) is 13.2 Å². The van der Waals surface area contributed by atoms with Crippen LogP contribution in [-0.4, -0.2) is 36.5 Å². The van der Waals surface area contributed by atoms with E-state index in [9.17, 15) is 32.3 Å². The van der Waals surface area contributed by atoms with Gasteiger partial charge in [-0.3, -0.25) is 25.2 Å². The summed E-state index contributed by atoms with van der Waals surface area (Å²) >= 11 is 5.84. The Morgan fingerprint density at radius 2 is 1.67 bits per heavy atom. The number of anilines is 1.